The van der Waals surface area contributed by atoms with E-state index >= 15 is 0 Å². The average Bonchev–Trinajstić information content (AvgIpc) is 3.16. The number of thioether (sulfide) groups is 1. The number of hydrogen-bond acceptors (Lipinski definition) is 8. The Morgan fingerprint density at radius 3 is 2.42 bits per heavy atom. The topological polar surface area (TPSA) is 112 Å². The Morgan fingerprint density at radius 2 is 1.76 bits per heavy atom. The van der Waals surface area contributed by atoms with E-state index in [1.807, 2.05) is 0 Å². The number of benzene rings is 2. The molecule has 0 radical (unpaired) electrons. The first kappa shape index (κ1) is 24.6. The van der Waals surface area contributed by atoms with Gasteiger partial charge in [-0.2, -0.15) is 0 Å². The predicted molar refractivity (Wildman–Crippen MR) is 125 cm³/mol. The van der Waals surface area contributed by atoms with Crippen LogP contribution in [0.5, 0.6) is 0 Å². The average molecular weight is 509 g/mol. The van der Waals surface area contributed by atoms with Crippen LogP contribution in [0.1, 0.15) is 20.7 Å². The molecule has 0 fully saturated rings. The van der Waals surface area contributed by atoms with Gasteiger partial charge in [0, 0.05) is 17.6 Å². The van der Waals surface area contributed by atoms with Crippen LogP contribution < -0.4 is 5.32 Å². The van der Waals surface area contributed by atoms with Gasteiger partial charge in [0.2, 0.25) is 5.91 Å². The largest absolute Gasteiger partial charge is 0.465 e. The number of hydrogen-bond donors (Lipinski definition) is 1. The Hall–Kier alpha value is -3.08. The summed E-state index contributed by atoms with van der Waals surface area (Å²) in [6.45, 7) is 0. The maximum Gasteiger partial charge on any atom is 0.339 e. The van der Waals surface area contributed by atoms with E-state index in [1.54, 1.807) is 29.8 Å². The molecule has 3 rings (SSSR count). The molecule has 0 spiro atoms. The van der Waals surface area contributed by atoms with Crippen LogP contribution in [-0.4, -0.2) is 52.6 Å². The van der Waals surface area contributed by atoms with Gasteiger partial charge in [-0.15, -0.1) is 10.2 Å². The number of amides is 1. The molecular weight excluding hydrogens is 491 g/mol. The Balaban J connectivity index is 1.75. The summed E-state index contributed by atoms with van der Waals surface area (Å²) in [5.74, 6) is -1.22. The van der Waals surface area contributed by atoms with Crippen molar-refractivity contribution in [2.45, 2.75) is 5.16 Å². The minimum atomic E-state index is -0.660. The third kappa shape index (κ3) is 5.65. The van der Waals surface area contributed by atoms with Crippen LogP contribution in [0.3, 0.4) is 0 Å². The monoisotopic (exact) mass is 508 g/mol. The highest BCUT2D eigenvalue weighted by Gasteiger charge is 2.19. The van der Waals surface area contributed by atoms with Crippen LogP contribution in [0.4, 0.5) is 5.69 Å². The lowest BCUT2D eigenvalue weighted by molar-refractivity contribution is -0.113. The van der Waals surface area contributed by atoms with Gasteiger partial charge < -0.3 is 19.4 Å². The second kappa shape index (κ2) is 10.7. The van der Waals surface area contributed by atoms with E-state index in [2.05, 4.69) is 20.3 Å². The van der Waals surface area contributed by atoms with Crippen molar-refractivity contribution in [2.75, 3.05) is 25.3 Å². The number of esters is 2. The van der Waals surface area contributed by atoms with E-state index in [1.165, 1.54) is 32.4 Å². The number of aromatic nitrogens is 3. The van der Waals surface area contributed by atoms with Crippen molar-refractivity contribution < 1.29 is 23.9 Å². The number of anilines is 1. The van der Waals surface area contributed by atoms with E-state index in [0.717, 1.165) is 11.8 Å². The van der Waals surface area contributed by atoms with Gasteiger partial charge in [-0.3, -0.25) is 4.79 Å². The summed E-state index contributed by atoms with van der Waals surface area (Å²) in [6, 6.07) is 9.17. The van der Waals surface area contributed by atoms with Crippen LogP contribution in [0.2, 0.25) is 10.0 Å². The van der Waals surface area contributed by atoms with Crippen molar-refractivity contribution in [1.82, 2.24) is 14.8 Å². The van der Waals surface area contributed by atoms with Gasteiger partial charge >= 0.3 is 11.9 Å². The molecule has 3 aromatic rings. The van der Waals surface area contributed by atoms with Crippen molar-refractivity contribution >= 4 is 58.5 Å². The van der Waals surface area contributed by atoms with Crippen molar-refractivity contribution in [3.8, 4) is 11.4 Å². The van der Waals surface area contributed by atoms with E-state index in [9.17, 15) is 14.4 Å². The molecule has 0 unspecified atom stereocenters. The van der Waals surface area contributed by atoms with Gasteiger partial charge in [-0.05, 0) is 36.4 Å². The zero-order valence-electron chi connectivity index (χ0n) is 17.7. The highest BCUT2D eigenvalue weighted by Crippen LogP contribution is 2.30. The second-order valence-corrected chi connectivity index (χ2v) is 8.36. The molecule has 0 aliphatic rings. The van der Waals surface area contributed by atoms with Crippen LogP contribution in [0.25, 0.3) is 11.4 Å². The maximum atomic E-state index is 12.6. The number of nitrogens with zero attached hydrogens (tertiary/aromatic N) is 3. The van der Waals surface area contributed by atoms with Crippen molar-refractivity contribution in [1.29, 1.82) is 0 Å². The number of ether oxygens (including phenoxy) is 2. The Kier molecular flexibility index (Phi) is 7.96. The summed E-state index contributed by atoms with van der Waals surface area (Å²) >= 11 is 13.3. The van der Waals surface area contributed by atoms with E-state index < -0.39 is 17.8 Å². The number of rotatable bonds is 7. The van der Waals surface area contributed by atoms with Crippen LogP contribution in [0, 0.1) is 0 Å². The van der Waals surface area contributed by atoms with E-state index in [-0.39, 0.29) is 22.6 Å². The van der Waals surface area contributed by atoms with Crippen LogP contribution in [-0.2, 0) is 21.3 Å². The molecule has 172 valence electrons. The molecule has 0 atom stereocenters. The fourth-order valence-corrected chi connectivity index (χ4v) is 4.05. The maximum absolute atomic E-state index is 12.6. The van der Waals surface area contributed by atoms with Crippen molar-refractivity contribution in [3.63, 3.8) is 0 Å². The van der Waals surface area contributed by atoms with Gasteiger partial charge in [0.15, 0.2) is 11.0 Å². The molecular formula is C21H18Cl2N4O5S. The molecule has 1 amide bonds. The number of carbonyl (C=O) groups excluding carboxylic acids is 3. The lowest BCUT2D eigenvalue weighted by Crippen LogP contribution is -2.18. The molecule has 1 aromatic heterocycles. The number of methoxy groups -OCH3 is 2. The molecule has 0 aliphatic carbocycles. The number of halogens is 2. The quantitative estimate of drug-likeness (QED) is 0.375. The highest BCUT2D eigenvalue weighted by molar-refractivity contribution is 7.99. The van der Waals surface area contributed by atoms with Crippen molar-refractivity contribution in [2.24, 2.45) is 7.05 Å². The molecule has 0 aliphatic heterocycles. The zero-order chi connectivity index (χ0) is 24.1. The van der Waals surface area contributed by atoms with Gasteiger partial charge in [0.25, 0.3) is 0 Å². The Bertz CT molecular complexity index is 1230. The molecule has 0 bridgehead atoms. The van der Waals surface area contributed by atoms with E-state index in [0.29, 0.717) is 26.6 Å². The molecule has 1 heterocycles. The molecule has 33 heavy (non-hydrogen) atoms. The summed E-state index contributed by atoms with van der Waals surface area (Å²) in [7, 11) is 4.20. The first-order chi connectivity index (χ1) is 15.7. The Labute approximate surface area is 203 Å². The molecule has 9 nitrogen and oxygen atoms in total. The van der Waals surface area contributed by atoms with Crippen molar-refractivity contribution in [3.05, 3.63) is 57.6 Å². The lowest BCUT2D eigenvalue weighted by atomic mass is 10.1. The number of nitrogens with one attached hydrogen (secondary N) is 1. The lowest BCUT2D eigenvalue weighted by Gasteiger charge is -2.11. The summed E-state index contributed by atoms with van der Waals surface area (Å²) in [6.07, 6.45) is 0. The molecule has 12 heteroatoms. The normalized spacial score (nSPS) is 10.6. The summed E-state index contributed by atoms with van der Waals surface area (Å²) < 4.78 is 11.1. The van der Waals surface area contributed by atoms with Crippen LogP contribution in [0.15, 0.2) is 41.6 Å². The minimum absolute atomic E-state index is 0.0383. The van der Waals surface area contributed by atoms with Gasteiger partial charge in [0.1, 0.15) is 0 Å². The van der Waals surface area contributed by atoms with Crippen LogP contribution >= 0.6 is 35.0 Å². The third-order valence-electron chi connectivity index (χ3n) is 4.46. The van der Waals surface area contributed by atoms with Gasteiger partial charge in [-0.1, -0.05) is 35.0 Å². The first-order valence-electron chi connectivity index (χ1n) is 9.33. The third-order valence-corrected chi connectivity index (χ3v) is 6.03. The Morgan fingerprint density at radius 1 is 1.03 bits per heavy atom. The first-order valence-corrected chi connectivity index (χ1v) is 11.1. The van der Waals surface area contributed by atoms with E-state index in [4.69, 9.17) is 27.9 Å². The summed E-state index contributed by atoms with van der Waals surface area (Å²) in [5.41, 5.74) is 1.05. The van der Waals surface area contributed by atoms with Gasteiger partial charge in [0.05, 0.1) is 41.8 Å². The molecule has 1 N–H and O–H groups in total. The molecule has 0 saturated heterocycles. The highest BCUT2D eigenvalue weighted by atomic mass is 35.5. The second-order valence-electron chi connectivity index (χ2n) is 6.57. The smallest absolute Gasteiger partial charge is 0.339 e. The summed E-state index contributed by atoms with van der Waals surface area (Å²) in [4.78, 5) is 36.4. The number of carbonyl (C=O) groups is 3. The zero-order valence-corrected chi connectivity index (χ0v) is 20.0. The summed E-state index contributed by atoms with van der Waals surface area (Å²) in [5, 5.41) is 12.3. The SMILES string of the molecule is COC(=O)c1ccc(C(=O)OC)c(NC(=O)CSc2nnc(-c3ccc(Cl)cc3Cl)n2C)c1. The standard InChI is InChI=1S/C21H18Cl2N4O5S/c1-27-18(13-7-5-12(22)9-15(13)23)25-26-21(27)33-10-17(28)24-16-8-11(19(29)31-2)4-6-14(16)20(30)32-3/h4-9H,10H2,1-3H3,(H,24,28). The molecule has 0 saturated carbocycles. The minimum Gasteiger partial charge on any atom is -0.465 e. The predicted octanol–water partition coefficient (Wildman–Crippen LogP) is 4.09. The molecule has 2 aromatic carbocycles. The fourth-order valence-electron chi connectivity index (χ4n) is 2.84. The fraction of sp³-hybridized carbons (Fsp3) is 0.190. The van der Waals surface area contributed by atoms with Gasteiger partial charge in [-0.25, -0.2) is 9.59 Å².